The third-order valence-corrected chi connectivity index (χ3v) is 3.03. The third-order valence-electron chi connectivity index (χ3n) is 3.03. The zero-order valence-corrected chi connectivity index (χ0v) is 10.9. The Balaban J connectivity index is 2.36. The van der Waals surface area contributed by atoms with Crippen LogP contribution >= 0.6 is 0 Å². The summed E-state index contributed by atoms with van der Waals surface area (Å²) in [7, 11) is 0. The van der Waals surface area contributed by atoms with Crippen molar-refractivity contribution in [2.45, 2.75) is 25.9 Å². The van der Waals surface area contributed by atoms with E-state index in [-0.39, 0.29) is 5.91 Å². The maximum absolute atomic E-state index is 13.0. The van der Waals surface area contributed by atoms with Crippen LogP contribution in [0.1, 0.15) is 25.3 Å². The van der Waals surface area contributed by atoms with E-state index in [0.717, 1.165) is 6.08 Å². The van der Waals surface area contributed by atoms with Crippen molar-refractivity contribution in [1.82, 2.24) is 0 Å². The second kappa shape index (κ2) is 5.53. The van der Waals surface area contributed by atoms with Crippen LogP contribution < -0.4 is 5.32 Å². The lowest BCUT2D eigenvalue weighted by atomic mass is 9.91. The molecule has 2 rings (SSSR count). The van der Waals surface area contributed by atoms with Crippen molar-refractivity contribution in [3.63, 3.8) is 0 Å². The Labute approximate surface area is 115 Å². The number of carbonyl (C=O) groups excluding carboxylic acids is 1. The van der Waals surface area contributed by atoms with Gasteiger partial charge < -0.3 is 5.32 Å². The van der Waals surface area contributed by atoms with Crippen molar-refractivity contribution < 1.29 is 18.0 Å². The van der Waals surface area contributed by atoms with Crippen LogP contribution in [-0.4, -0.2) is 12.1 Å². The van der Waals surface area contributed by atoms with Crippen molar-refractivity contribution in [3.05, 3.63) is 47.6 Å². The van der Waals surface area contributed by atoms with Crippen molar-refractivity contribution >= 4 is 17.2 Å². The first kappa shape index (κ1) is 14.4. The number of anilines is 1. The van der Waals surface area contributed by atoms with Crippen LogP contribution in [0.15, 0.2) is 42.0 Å². The van der Waals surface area contributed by atoms with E-state index < -0.39 is 11.7 Å². The van der Waals surface area contributed by atoms with Crippen LogP contribution in [0.3, 0.4) is 0 Å². The molecule has 0 atom stereocenters. The van der Waals surface area contributed by atoms with Crippen molar-refractivity contribution in [2.75, 3.05) is 5.32 Å². The van der Waals surface area contributed by atoms with Gasteiger partial charge in [-0.3, -0.25) is 4.79 Å². The van der Waals surface area contributed by atoms with E-state index in [9.17, 15) is 18.0 Å². The Bertz CT molecular complexity index is 568. The highest BCUT2D eigenvalue weighted by molar-refractivity contribution is 5.89. The first-order chi connectivity index (χ1) is 9.38. The van der Waals surface area contributed by atoms with E-state index in [0.29, 0.717) is 29.7 Å². The largest absolute Gasteiger partial charge is 0.416 e. The highest BCUT2D eigenvalue weighted by atomic mass is 19.4. The highest BCUT2D eigenvalue weighted by Gasteiger charge is 2.35. The summed E-state index contributed by atoms with van der Waals surface area (Å²) in [5.74, 6) is -0.214. The van der Waals surface area contributed by atoms with Crippen LogP contribution in [0.5, 0.6) is 0 Å². The first-order valence-corrected chi connectivity index (χ1v) is 6.23. The minimum absolute atomic E-state index is 0.214. The maximum Gasteiger partial charge on any atom is 0.416 e. The van der Waals surface area contributed by atoms with Crippen LogP contribution in [0.2, 0.25) is 0 Å². The molecule has 0 unspecified atom stereocenters. The van der Waals surface area contributed by atoms with E-state index >= 15 is 0 Å². The number of rotatable bonds is 2. The monoisotopic (exact) mass is 281 g/mol. The van der Waals surface area contributed by atoms with Crippen LogP contribution in [0, 0.1) is 0 Å². The Kier molecular flexibility index (Phi) is 3.97. The van der Waals surface area contributed by atoms with Gasteiger partial charge in [-0.25, -0.2) is 0 Å². The Hall–Kier alpha value is -2.04. The molecule has 1 aromatic rings. The lowest BCUT2D eigenvalue weighted by Crippen LogP contribution is -2.14. The molecule has 20 heavy (non-hydrogen) atoms. The summed E-state index contributed by atoms with van der Waals surface area (Å²) in [6.45, 7) is 1.38. The predicted molar refractivity (Wildman–Crippen MR) is 72.1 cm³/mol. The molecule has 1 amide bonds. The van der Waals surface area contributed by atoms with Crippen molar-refractivity contribution in [2.24, 2.45) is 0 Å². The zero-order valence-electron chi connectivity index (χ0n) is 10.9. The average molecular weight is 281 g/mol. The third kappa shape index (κ3) is 3.29. The van der Waals surface area contributed by atoms with Gasteiger partial charge in [0.1, 0.15) is 0 Å². The molecular weight excluding hydrogens is 267 g/mol. The number of amides is 1. The molecular formula is C15H14F3NO. The molecule has 0 spiro atoms. The van der Waals surface area contributed by atoms with Gasteiger partial charge in [-0.1, -0.05) is 24.3 Å². The Morgan fingerprint density at radius 3 is 2.40 bits per heavy atom. The highest BCUT2D eigenvalue weighted by Crippen LogP contribution is 2.38. The minimum atomic E-state index is -4.34. The molecule has 1 aromatic carbocycles. The molecule has 2 nitrogen and oxygen atoms in total. The molecule has 0 heterocycles. The van der Waals surface area contributed by atoms with Crippen LogP contribution in [-0.2, 0) is 4.79 Å². The summed E-state index contributed by atoms with van der Waals surface area (Å²) in [4.78, 5) is 10.9. The molecule has 0 radical (unpaired) electrons. The van der Waals surface area contributed by atoms with E-state index in [2.05, 4.69) is 5.32 Å². The molecule has 1 aliphatic rings. The predicted octanol–water partition coefficient (Wildman–Crippen LogP) is 4.31. The molecule has 0 fully saturated rings. The van der Waals surface area contributed by atoms with E-state index in [1.165, 1.54) is 13.0 Å². The number of benzene rings is 1. The molecule has 0 aliphatic heterocycles. The molecule has 1 N–H and O–H groups in total. The summed E-state index contributed by atoms with van der Waals surface area (Å²) >= 11 is 0. The fourth-order valence-electron chi connectivity index (χ4n) is 2.19. The number of allylic oxidation sites excluding steroid dienone is 4. The van der Waals surface area contributed by atoms with Crippen molar-refractivity contribution in [3.8, 4) is 0 Å². The van der Waals surface area contributed by atoms with Gasteiger partial charge in [0.25, 0.3) is 0 Å². The van der Waals surface area contributed by atoms with Gasteiger partial charge in [-0.15, -0.1) is 0 Å². The summed E-state index contributed by atoms with van der Waals surface area (Å²) < 4.78 is 38.9. The molecule has 1 aliphatic carbocycles. The molecule has 5 heteroatoms. The fourth-order valence-corrected chi connectivity index (χ4v) is 2.19. The molecule has 0 saturated heterocycles. The summed E-state index contributed by atoms with van der Waals surface area (Å²) in [5, 5.41) is 2.59. The number of halogens is 3. The maximum atomic E-state index is 13.0. The number of hydrogen-bond donors (Lipinski definition) is 1. The topological polar surface area (TPSA) is 29.1 Å². The van der Waals surface area contributed by atoms with E-state index in [1.54, 1.807) is 24.3 Å². The van der Waals surface area contributed by atoms with Gasteiger partial charge in [0.05, 0.1) is 5.57 Å². The Morgan fingerprint density at radius 1 is 1.20 bits per heavy atom. The molecule has 0 bridgehead atoms. The minimum Gasteiger partial charge on any atom is -0.326 e. The second-order valence-corrected chi connectivity index (χ2v) is 4.59. The molecule has 0 aromatic heterocycles. The summed E-state index contributed by atoms with van der Waals surface area (Å²) in [5.41, 5.74) is 0.822. The number of carbonyl (C=O) groups is 1. The van der Waals surface area contributed by atoms with Crippen molar-refractivity contribution in [1.29, 1.82) is 0 Å². The second-order valence-electron chi connectivity index (χ2n) is 4.59. The SMILES string of the molecule is CC(=O)Nc1ccc(C2=C(C(F)(F)F)C=CCC2)cc1. The Morgan fingerprint density at radius 2 is 1.85 bits per heavy atom. The first-order valence-electron chi connectivity index (χ1n) is 6.23. The molecule has 0 saturated carbocycles. The van der Waals surface area contributed by atoms with E-state index in [1.807, 2.05) is 0 Å². The van der Waals surface area contributed by atoms with Gasteiger partial charge >= 0.3 is 6.18 Å². The lowest BCUT2D eigenvalue weighted by Gasteiger charge is -2.19. The van der Waals surface area contributed by atoms with E-state index in [4.69, 9.17) is 0 Å². The van der Waals surface area contributed by atoms with Gasteiger partial charge in [-0.05, 0) is 36.1 Å². The summed E-state index contributed by atoms with van der Waals surface area (Å²) in [6, 6.07) is 6.42. The summed E-state index contributed by atoms with van der Waals surface area (Å²) in [6.07, 6.45) is -0.700. The standard InChI is InChI=1S/C15H14F3NO/c1-10(20)19-12-8-6-11(7-9-12)13-4-2-3-5-14(13)15(16,17)18/h3,5-9H,2,4H2,1H3,(H,19,20). The average Bonchev–Trinajstić information content (AvgIpc) is 2.38. The number of nitrogens with one attached hydrogen (secondary N) is 1. The van der Waals surface area contributed by atoms with Gasteiger partial charge in [-0.2, -0.15) is 13.2 Å². The van der Waals surface area contributed by atoms with Gasteiger partial charge in [0.15, 0.2) is 0 Å². The number of alkyl halides is 3. The van der Waals surface area contributed by atoms with Gasteiger partial charge in [0, 0.05) is 12.6 Å². The van der Waals surface area contributed by atoms with Crippen LogP contribution in [0.4, 0.5) is 18.9 Å². The quantitative estimate of drug-likeness (QED) is 0.859. The van der Waals surface area contributed by atoms with Crippen LogP contribution in [0.25, 0.3) is 5.57 Å². The smallest absolute Gasteiger partial charge is 0.326 e. The number of hydrogen-bond acceptors (Lipinski definition) is 1. The molecule has 106 valence electrons. The normalized spacial score (nSPS) is 15.4. The zero-order chi connectivity index (χ0) is 14.8. The fraction of sp³-hybridized carbons (Fsp3) is 0.267. The lowest BCUT2D eigenvalue weighted by molar-refractivity contribution is -0.114. The van der Waals surface area contributed by atoms with Gasteiger partial charge in [0.2, 0.25) is 5.91 Å².